The summed E-state index contributed by atoms with van der Waals surface area (Å²) >= 11 is 0. The minimum atomic E-state index is -2.41. The molecule has 9 unspecified atom stereocenters. The third-order valence-corrected chi connectivity index (χ3v) is 12.2. The number of rotatable bonds is 5. The van der Waals surface area contributed by atoms with Gasteiger partial charge in [-0.1, -0.05) is 36.4 Å². The van der Waals surface area contributed by atoms with Crippen LogP contribution in [0.15, 0.2) is 66.7 Å². The Morgan fingerprint density at radius 3 is 2.55 bits per heavy atom. The Labute approximate surface area is 320 Å². The van der Waals surface area contributed by atoms with Gasteiger partial charge in [-0.25, -0.2) is 4.79 Å². The molecule has 1 saturated heterocycles. The molecule has 4 aromatic rings. The molecular weight excluding hydrogens is 724 g/mol. The summed E-state index contributed by atoms with van der Waals surface area (Å²) < 4.78 is 38.8. The average molecular weight is 765 g/mol. The maximum atomic E-state index is 12.6. The number of hydrogen-bond donors (Lipinski definition) is 7. The van der Waals surface area contributed by atoms with Gasteiger partial charge < -0.3 is 64.6 Å². The van der Waals surface area contributed by atoms with Crippen molar-refractivity contribution in [2.75, 3.05) is 26.6 Å². The van der Waals surface area contributed by atoms with Gasteiger partial charge in [0.05, 0.1) is 20.1 Å². The van der Waals surface area contributed by atoms with Gasteiger partial charge in [0.15, 0.2) is 29.1 Å². The van der Waals surface area contributed by atoms with Crippen LogP contribution in [0.5, 0.6) is 34.5 Å². The Hall–Kier alpha value is -5.51. The molecule has 8 bridgehead atoms. The molecule has 6 heterocycles. The number of hydrogen-bond acceptors (Lipinski definition) is 13. The van der Waals surface area contributed by atoms with Crippen molar-refractivity contribution in [2.45, 2.75) is 73.3 Å². The number of aromatic hydroxyl groups is 1. The summed E-state index contributed by atoms with van der Waals surface area (Å²) in [5, 5.41) is 61.5. The Kier molecular flexibility index (Phi) is 7.64. The van der Waals surface area contributed by atoms with Crippen LogP contribution < -0.4 is 34.3 Å². The highest BCUT2D eigenvalue weighted by molar-refractivity contribution is 5.87. The monoisotopic (exact) mass is 764 g/mol. The van der Waals surface area contributed by atoms with Crippen molar-refractivity contribution in [1.82, 2.24) is 5.32 Å². The highest BCUT2D eigenvalue weighted by Gasteiger charge is 2.70. The van der Waals surface area contributed by atoms with Gasteiger partial charge in [0.25, 0.3) is 5.79 Å². The Balaban J connectivity index is 1.26. The predicted molar refractivity (Wildman–Crippen MR) is 199 cm³/mol. The van der Waals surface area contributed by atoms with Gasteiger partial charge >= 0.3 is 5.97 Å². The summed E-state index contributed by atoms with van der Waals surface area (Å²) in [5.41, 5.74) is 4.73. The van der Waals surface area contributed by atoms with Crippen LogP contribution in [0.2, 0.25) is 0 Å². The number of benzene rings is 4. The molecule has 7 N–H and O–H groups in total. The Bertz CT molecular complexity index is 2360. The molecule has 1 aliphatic carbocycles. The zero-order valence-corrected chi connectivity index (χ0v) is 30.6. The van der Waals surface area contributed by atoms with Crippen LogP contribution in [0.1, 0.15) is 45.4 Å². The van der Waals surface area contributed by atoms with Crippen molar-refractivity contribution in [1.29, 1.82) is 0 Å². The number of phenols is 1. The second-order valence-corrected chi connectivity index (χ2v) is 15.2. The number of nitrogens with one attached hydrogen (secondary N) is 2. The molecule has 14 heteroatoms. The van der Waals surface area contributed by atoms with Crippen molar-refractivity contribution < 1.29 is 58.7 Å². The lowest BCUT2D eigenvalue weighted by Gasteiger charge is -2.57. The van der Waals surface area contributed by atoms with Gasteiger partial charge in [0, 0.05) is 24.1 Å². The molecule has 0 radical (unpaired) electrons. The fourth-order valence-electron chi connectivity index (χ4n) is 9.66. The lowest BCUT2D eigenvalue weighted by Crippen LogP contribution is -2.79. The number of phenolic OH excluding ortho intramolecular Hbond substituents is 1. The number of carboxylic acids is 1. The summed E-state index contributed by atoms with van der Waals surface area (Å²) in [6.45, 7) is 0.504. The van der Waals surface area contributed by atoms with E-state index in [0.717, 1.165) is 33.9 Å². The molecule has 9 atom stereocenters. The largest absolute Gasteiger partial charge is 0.508 e. The van der Waals surface area contributed by atoms with E-state index < -0.39 is 53.9 Å². The molecule has 0 amide bonds. The van der Waals surface area contributed by atoms with Gasteiger partial charge in [0.2, 0.25) is 11.4 Å². The van der Waals surface area contributed by atoms with Crippen molar-refractivity contribution in [3.05, 3.63) is 100 Å². The normalized spacial score (nSPS) is 30.9. The maximum Gasteiger partial charge on any atom is 0.343 e. The molecule has 0 saturated carbocycles. The fourth-order valence-corrected chi connectivity index (χ4v) is 9.66. The van der Waals surface area contributed by atoms with Gasteiger partial charge in [-0.2, -0.15) is 0 Å². The fraction of sp³-hybridized carbons (Fsp3) is 0.357. The number of aliphatic hydroxyl groups is 3. The summed E-state index contributed by atoms with van der Waals surface area (Å²) in [5.74, 6) is -2.07. The van der Waals surface area contributed by atoms with Crippen LogP contribution in [0.25, 0.3) is 11.1 Å². The first-order valence-electron chi connectivity index (χ1n) is 18.5. The number of carbonyl (C=O) groups is 1. The third kappa shape index (κ3) is 4.64. The summed E-state index contributed by atoms with van der Waals surface area (Å²) in [6, 6.07) is 16.2. The van der Waals surface area contributed by atoms with Crippen LogP contribution in [0.3, 0.4) is 0 Å². The molecule has 290 valence electrons. The predicted octanol–water partition coefficient (Wildman–Crippen LogP) is 3.30. The molecular formula is C42H40N2O12. The molecule has 6 aliphatic heterocycles. The summed E-state index contributed by atoms with van der Waals surface area (Å²) in [6.07, 6.45) is -3.34. The van der Waals surface area contributed by atoms with E-state index in [-0.39, 0.29) is 17.4 Å². The molecule has 56 heavy (non-hydrogen) atoms. The number of ether oxygens (including phenoxy) is 6. The number of fused-ring (bicyclic) bond motifs is 3. The van der Waals surface area contributed by atoms with E-state index in [1.54, 1.807) is 32.4 Å². The highest BCUT2D eigenvalue weighted by Crippen LogP contribution is 2.64. The van der Waals surface area contributed by atoms with Gasteiger partial charge in [-0.15, -0.1) is 0 Å². The molecule has 4 aromatic carbocycles. The van der Waals surface area contributed by atoms with Crippen LogP contribution in [0, 0.1) is 0 Å². The molecule has 11 rings (SSSR count). The Morgan fingerprint density at radius 1 is 0.964 bits per heavy atom. The lowest BCUT2D eigenvalue weighted by atomic mass is 9.75. The Morgan fingerprint density at radius 2 is 1.79 bits per heavy atom. The minimum Gasteiger partial charge on any atom is -0.508 e. The first kappa shape index (κ1) is 34.9. The average Bonchev–Trinajstić information content (AvgIpc) is 3.60. The smallest absolute Gasteiger partial charge is 0.343 e. The quantitative estimate of drug-likeness (QED) is 0.146. The zero-order valence-electron chi connectivity index (χ0n) is 30.6. The maximum absolute atomic E-state index is 12.6. The molecule has 14 nitrogen and oxygen atoms in total. The van der Waals surface area contributed by atoms with Gasteiger partial charge in [-0.3, -0.25) is 0 Å². The third-order valence-electron chi connectivity index (χ3n) is 12.2. The molecule has 1 fully saturated rings. The van der Waals surface area contributed by atoms with Crippen LogP contribution in [-0.4, -0.2) is 94.6 Å². The zero-order chi connectivity index (χ0) is 38.8. The van der Waals surface area contributed by atoms with Crippen LogP contribution in [-0.2, 0) is 28.9 Å². The summed E-state index contributed by atoms with van der Waals surface area (Å²) in [4.78, 5) is 12.6. The van der Waals surface area contributed by atoms with E-state index in [1.807, 2.05) is 25.2 Å². The van der Waals surface area contributed by atoms with Gasteiger partial charge in [-0.05, 0) is 77.2 Å². The minimum absolute atomic E-state index is 0.0186. The van der Waals surface area contributed by atoms with Gasteiger partial charge in [0.1, 0.15) is 41.9 Å². The number of methoxy groups -OCH3 is 2. The number of aliphatic hydroxyl groups excluding tert-OH is 3. The number of anilines is 1. The molecule has 7 aliphatic rings. The lowest BCUT2D eigenvalue weighted by molar-refractivity contribution is -0.356. The van der Waals surface area contributed by atoms with Crippen molar-refractivity contribution in [2.24, 2.45) is 0 Å². The summed E-state index contributed by atoms with van der Waals surface area (Å²) in [7, 11) is 5.03. The topological polar surface area (TPSA) is 198 Å². The number of aliphatic carboxylic acids is 1. The van der Waals surface area contributed by atoms with E-state index in [0.29, 0.717) is 64.8 Å². The standard InChI is InChI=1S/C42H40N2O12/c1-43-17-21-14-27(51-2)34(52-3)37-29(21)31-25-13-19-6-4-5-18(11-19)12-20-7-8-22(45)15-23(20)24-16-26-32(36(53-25)30(24)35(31)54-37)44-28-9-10-41(40(49)50)38(47)33(46)39(48)42(28,55-26)56-41/h4-11,14-16,25,28,31,33,35,38-39,43-48H,12-13,17H2,1-3H3,(H,49,50). The van der Waals surface area contributed by atoms with Crippen molar-refractivity contribution in [3.63, 3.8) is 0 Å². The second kappa shape index (κ2) is 12.2. The second-order valence-electron chi connectivity index (χ2n) is 15.2. The van der Waals surface area contributed by atoms with E-state index in [9.17, 15) is 30.3 Å². The van der Waals surface area contributed by atoms with E-state index in [4.69, 9.17) is 28.4 Å². The van der Waals surface area contributed by atoms with E-state index in [2.05, 4.69) is 28.8 Å². The van der Waals surface area contributed by atoms with Crippen LogP contribution >= 0.6 is 0 Å². The first-order chi connectivity index (χ1) is 27.0. The highest BCUT2D eigenvalue weighted by atomic mass is 16.7. The van der Waals surface area contributed by atoms with E-state index >= 15 is 0 Å². The van der Waals surface area contributed by atoms with Crippen molar-refractivity contribution in [3.8, 4) is 45.6 Å². The molecule has 1 spiro atoms. The van der Waals surface area contributed by atoms with Crippen LogP contribution in [0.4, 0.5) is 5.69 Å². The molecule has 0 aromatic heterocycles. The van der Waals surface area contributed by atoms with Crippen molar-refractivity contribution >= 4 is 11.7 Å². The number of carboxylic acid groups (broad SMARTS) is 1. The first-order valence-corrected chi connectivity index (χ1v) is 18.5. The SMILES string of the molecule is CNCc1cc(OC)c(OC)c2c1C1C3Cc4cccc(c4)Cc4ccc(O)cc4-c4cc5c(c(c4C1O2)O3)NC1C=CC2(C(=O)O)OC1(O5)C(O)C(O)C2O. The van der Waals surface area contributed by atoms with E-state index in [1.165, 1.54) is 6.08 Å².